The number of nitrogens with one attached hydrogen (secondary N) is 1. The maximum absolute atomic E-state index is 13.0. The first-order valence-corrected chi connectivity index (χ1v) is 9.72. The van der Waals surface area contributed by atoms with Crippen LogP contribution in [0.4, 0.5) is 0 Å². The fourth-order valence-corrected chi connectivity index (χ4v) is 3.52. The molecule has 0 unspecified atom stereocenters. The van der Waals surface area contributed by atoms with Gasteiger partial charge in [0, 0.05) is 18.1 Å². The summed E-state index contributed by atoms with van der Waals surface area (Å²) in [6, 6.07) is 13.3. The molecule has 3 rings (SSSR count). The van der Waals surface area contributed by atoms with Gasteiger partial charge in [-0.1, -0.05) is 25.1 Å². The summed E-state index contributed by atoms with van der Waals surface area (Å²) in [6.07, 6.45) is 0.718. The summed E-state index contributed by atoms with van der Waals surface area (Å²) in [5.74, 6) is 2.10. The second-order valence-electron chi connectivity index (χ2n) is 7.81. The number of fused-ring (bicyclic) bond motifs is 1. The minimum Gasteiger partial charge on any atom is -0.497 e. The topological polar surface area (TPSA) is 56.8 Å². The lowest BCUT2D eigenvalue weighted by Crippen LogP contribution is -2.45. The van der Waals surface area contributed by atoms with Crippen molar-refractivity contribution in [2.45, 2.75) is 58.3 Å². The van der Waals surface area contributed by atoms with Gasteiger partial charge in [0.25, 0.3) is 5.91 Å². The maximum Gasteiger partial charge on any atom is 0.261 e. The van der Waals surface area contributed by atoms with Gasteiger partial charge in [-0.2, -0.15) is 0 Å². The molecule has 1 amide bonds. The molecule has 0 spiro atoms. The molecule has 2 aromatic rings. The molecule has 0 saturated carbocycles. The van der Waals surface area contributed by atoms with Gasteiger partial charge in [-0.25, -0.2) is 0 Å². The Morgan fingerprint density at radius 2 is 2.04 bits per heavy atom. The molecule has 0 aromatic heterocycles. The number of para-hydroxylation sites is 1. The van der Waals surface area contributed by atoms with E-state index in [0.29, 0.717) is 12.8 Å². The number of amides is 1. The number of rotatable bonds is 6. The highest BCUT2D eigenvalue weighted by molar-refractivity contribution is 5.81. The zero-order valence-corrected chi connectivity index (χ0v) is 17.2. The average molecular weight is 383 g/mol. The van der Waals surface area contributed by atoms with Gasteiger partial charge in [0.05, 0.1) is 13.2 Å². The van der Waals surface area contributed by atoms with E-state index >= 15 is 0 Å². The van der Waals surface area contributed by atoms with Crippen molar-refractivity contribution in [3.63, 3.8) is 0 Å². The summed E-state index contributed by atoms with van der Waals surface area (Å²) in [4.78, 5) is 13.0. The highest BCUT2D eigenvalue weighted by atomic mass is 16.5. The first-order valence-electron chi connectivity index (χ1n) is 9.72. The molecule has 2 atom stereocenters. The number of hydrogen-bond acceptors (Lipinski definition) is 4. The predicted molar refractivity (Wildman–Crippen MR) is 109 cm³/mol. The molecule has 150 valence electrons. The van der Waals surface area contributed by atoms with Crippen LogP contribution in [-0.2, 0) is 4.79 Å². The van der Waals surface area contributed by atoms with Gasteiger partial charge in [-0.15, -0.1) is 0 Å². The van der Waals surface area contributed by atoms with Gasteiger partial charge in [-0.05, 0) is 51.0 Å². The van der Waals surface area contributed by atoms with E-state index in [-0.39, 0.29) is 11.9 Å². The number of aryl methyl sites for hydroxylation is 1. The lowest BCUT2D eigenvalue weighted by atomic mass is 9.89. The molecule has 1 heterocycles. The van der Waals surface area contributed by atoms with Crippen LogP contribution in [0.15, 0.2) is 42.5 Å². The van der Waals surface area contributed by atoms with Crippen LogP contribution in [0.1, 0.15) is 50.8 Å². The molecule has 0 saturated heterocycles. The minimum atomic E-state index is -0.547. The molecular formula is C23H29NO4. The summed E-state index contributed by atoms with van der Waals surface area (Å²) >= 11 is 0. The third-order valence-electron chi connectivity index (χ3n) is 5.02. The molecule has 5 heteroatoms. The van der Waals surface area contributed by atoms with Crippen molar-refractivity contribution in [2.75, 3.05) is 7.11 Å². The largest absolute Gasteiger partial charge is 0.497 e. The molecule has 0 fully saturated rings. The van der Waals surface area contributed by atoms with Crippen LogP contribution in [0.25, 0.3) is 0 Å². The first kappa shape index (κ1) is 20.1. The number of carbonyl (C=O) groups is 1. The van der Waals surface area contributed by atoms with E-state index in [2.05, 4.69) is 5.32 Å². The van der Waals surface area contributed by atoms with E-state index < -0.39 is 11.7 Å². The van der Waals surface area contributed by atoms with Crippen LogP contribution in [0.2, 0.25) is 0 Å². The molecule has 0 aliphatic carbocycles. The molecule has 1 aliphatic heterocycles. The smallest absolute Gasteiger partial charge is 0.261 e. The van der Waals surface area contributed by atoms with Crippen molar-refractivity contribution in [3.8, 4) is 17.2 Å². The Hall–Kier alpha value is -2.69. The number of methoxy groups -OCH3 is 1. The van der Waals surface area contributed by atoms with Crippen molar-refractivity contribution < 1.29 is 19.0 Å². The predicted octanol–water partition coefficient (Wildman–Crippen LogP) is 4.58. The van der Waals surface area contributed by atoms with Crippen molar-refractivity contribution >= 4 is 5.91 Å². The van der Waals surface area contributed by atoms with Gasteiger partial charge in [0.15, 0.2) is 6.10 Å². The quantitative estimate of drug-likeness (QED) is 0.793. The van der Waals surface area contributed by atoms with E-state index in [1.807, 2.05) is 70.2 Å². The Balaban J connectivity index is 1.79. The monoisotopic (exact) mass is 383 g/mol. The highest BCUT2D eigenvalue weighted by Crippen LogP contribution is 2.41. The van der Waals surface area contributed by atoms with Crippen LogP contribution >= 0.6 is 0 Å². The van der Waals surface area contributed by atoms with E-state index in [1.54, 1.807) is 7.11 Å². The lowest BCUT2D eigenvalue weighted by Gasteiger charge is -2.38. The Morgan fingerprint density at radius 3 is 2.71 bits per heavy atom. The average Bonchev–Trinajstić information content (AvgIpc) is 2.65. The lowest BCUT2D eigenvalue weighted by molar-refractivity contribution is -0.129. The van der Waals surface area contributed by atoms with Crippen LogP contribution in [0, 0.1) is 6.92 Å². The number of ether oxygens (including phenoxy) is 3. The molecule has 0 radical (unpaired) electrons. The van der Waals surface area contributed by atoms with Gasteiger partial charge >= 0.3 is 0 Å². The zero-order chi connectivity index (χ0) is 20.3. The van der Waals surface area contributed by atoms with Gasteiger partial charge in [-0.3, -0.25) is 4.79 Å². The highest BCUT2D eigenvalue weighted by Gasteiger charge is 2.36. The molecule has 0 bridgehead atoms. The Bertz CT molecular complexity index is 846. The van der Waals surface area contributed by atoms with Crippen LogP contribution in [-0.4, -0.2) is 24.7 Å². The fraction of sp³-hybridized carbons (Fsp3) is 0.435. The third-order valence-corrected chi connectivity index (χ3v) is 5.02. The standard InChI is InChI=1S/C23H29NO4/c1-6-19(27-20-10-8-7-9-15(20)2)22(25)24-18-14-23(3,4)28-21-13-16(26-5)11-12-17(18)21/h7-13,18-19H,6,14H2,1-5H3,(H,24,25)/t18-,19-/m0/s1. The Labute approximate surface area is 167 Å². The van der Waals surface area contributed by atoms with Crippen molar-refractivity contribution in [1.82, 2.24) is 5.32 Å². The summed E-state index contributed by atoms with van der Waals surface area (Å²) in [7, 11) is 1.63. The third kappa shape index (κ3) is 4.41. The molecular weight excluding hydrogens is 354 g/mol. The van der Waals surface area contributed by atoms with Crippen LogP contribution < -0.4 is 19.5 Å². The maximum atomic E-state index is 13.0. The zero-order valence-electron chi connectivity index (χ0n) is 17.2. The molecule has 28 heavy (non-hydrogen) atoms. The number of hydrogen-bond donors (Lipinski definition) is 1. The van der Waals surface area contributed by atoms with E-state index in [0.717, 1.165) is 28.4 Å². The van der Waals surface area contributed by atoms with Gasteiger partial charge < -0.3 is 19.5 Å². The molecule has 5 nitrogen and oxygen atoms in total. The molecule has 2 aromatic carbocycles. The minimum absolute atomic E-state index is 0.116. The second-order valence-corrected chi connectivity index (χ2v) is 7.81. The van der Waals surface area contributed by atoms with Crippen LogP contribution in [0.5, 0.6) is 17.2 Å². The molecule has 1 N–H and O–H groups in total. The normalized spacial score (nSPS) is 18.4. The SMILES string of the molecule is CC[C@H](Oc1ccccc1C)C(=O)N[C@H]1CC(C)(C)Oc2cc(OC)ccc21. The summed E-state index contributed by atoms with van der Waals surface area (Å²) in [5, 5.41) is 3.17. The van der Waals surface area contributed by atoms with Crippen molar-refractivity contribution in [1.29, 1.82) is 0 Å². The Morgan fingerprint density at radius 1 is 1.29 bits per heavy atom. The van der Waals surface area contributed by atoms with E-state index in [1.165, 1.54) is 0 Å². The summed E-state index contributed by atoms with van der Waals surface area (Å²) < 4.78 is 17.4. The number of carbonyl (C=O) groups excluding carboxylic acids is 1. The summed E-state index contributed by atoms with van der Waals surface area (Å²) in [6.45, 7) is 7.98. The number of benzene rings is 2. The van der Waals surface area contributed by atoms with Gasteiger partial charge in [0.1, 0.15) is 22.8 Å². The van der Waals surface area contributed by atoms with Gasteiger partial charge in [0.2, 0.25) is 0 Å². The molecule has 1 aliphatic rings. The van der Waals surface area contributed by atoms with Crippen LogP contribution in [0.3, 0.4) is 0 Å². The van der Waals surface area contributed by atoms with Crippen molar-refractivity contribution in [2.24, 2.45) is 0 Å². The van der Waals surface area contributed by atoms with E-state index in [4.69, 9.17) is 14.2 Å². The first-order chi connectivity index (χ1) is 13.3. The second kappa shape index (κ2) is 8.13. The Kier molecular flexibility index (Phi) is 5.82. The fourth-order valence-electron chi connectivity index (χ4n) is 3.52. The van der Waals surface area contributed by atoms with Crippen molar-refractivity contribution in [3.05, 3.63) is 53.6 Å². The summed E-state index contributed by atoms with van der Waals surface area (Å²) in [5.41, 5.74) is 1.58. The van der Waals surface area contributed by atoms with E-state index in [9.17, 15) is 4.79 Å².